The third kappa shape index (κ3) is 5.09. The molecule has 2 aliphatic heterocycles. The van der Waals surface area contributed by atoms with Gasteiger partial charge in [-0.3, -0.25) is 9.69 Å². The van der Waals surface area contributed by atoms with Crippen molar-refractivity contribution in [3.63, 3.8) is 0 Å². The number of nitrogens with one attached hydrogen (secondary N) is 1. The molecule has 3 rings (SSSR count). The molecule has 1 atom stereocenters. The molecule has 0 spiro atoms. The summed E-state index contributed by atoms with van der Waals surface area (Å²) in [6.45, 7) is 3.42. The number of hydrogen-bond acceptors (Lipinski definition) is 4. The SMILES string of the molecule is O=C(NC1CCN(C2CCOC2)CC1)c1ccc(OC(F)(F)F)cc1. The maximum absolute atomic E-state index is 12.2. The van der Waals surface area contributed by atoms with E-state index in [1.165, 1.54) is 12.1 Å². The number of halogens is 3. The lowest BCUT2D eigenvalue weighted by atomic mass is 10.0. The van der Waals surface area contributed by atoms with Gasteiger partial charge in [0.1, 0.15) is 5.75 Å². The second kappa shape index (κ2) is 7.61. The van der Waals surface area contributed by atoms with Crippen LogP contribution in [0.15, 0.2) is 24.3 Å². The van der Waals surface area contributed by atoms with E-state index in [9.17, 15) is 18.0 Å². The average molecular weight is 358 g/mol. The summed E-state index contributed by atoms with van der Waals surface area (Å²) in [5, 5.41) is 2.95. The number of ether oxygens (including phenoxy) is 2. The highest BCUT2D eigenvalue weighted by molar-refractivity contribution is 5.94. The molecule has 2 fully saturated rings. The lowest BCUT2D eigenvalue weighted by molar-refractivity contribution is -0.274. The highest BCUT2D eigenvalue weighted by Crippen LogP contribution is 2.23. The second-order valence-electron chi connectivity index (χ2n) is 6.37. The molecule has 2 saturated heterocycles. The molecule has 1 unspecified atom stereocenters. The van der Waals surface area contributed by atoms with E-state index in [2.05, 4.69) is 15.0 Å². The number of nitrogens with zero attached hydrogens (tertiary/aromatic N) is 1. The number of piperidine rings is 1. The van der Waals surface area contributed by atoms with Gasteiger partial charge in [0, 0.05) is 37.3 Å². The number of carbonyl (C=O) groups is 1. The van der Waals surface area contributed by atoms with E-state index in [0.717, 1.165) is 57.7 Å². The van der Waals surface area contributed by atoms with Gasteiger partial charge in [-0.25, -0.2) is 0 Å². The van der Waals surface area contributed by atoms with E-state index >= 15 is 0 Å². The molecule has 0 radical (unpaired) electrons. The Balaban J connectivity index is 1.47. The zero-order chi connectivity index (χ0) is 17.9. The van der Waals surface area contributed by atoms with Gasteiger partial charge in [0.15, 0.2) is 0 Å². The van der Waals surface area contributed by atoms with Gasteiger partial charge in [0.25, 0.3) is 5.91 Å². The van der Waals surface area contributed by atoms with Crippen LogP contribution in [0.4, 0.5) is 13.2 Å². The summed E-state index contributed by atoms with van der Waals surface area (Å²) in [5.74, 6) is -0.614. The van der Waals surface area contributed by atoms with Crippen molar-refractivity contribution in [1.82, 2.24) is 10.2 Å². The van der Waals surface area contributed by atoms with Gasteiger partial charge >= 0.3 is 6.36 Å². The summed E-state index contributed by atoms with van der Waals surface area (Å²) < 4.78 is 45.6. The summed E-state index contributed by atoms with van der Waals surface area (Å²) in [7, 11) is 0. The fourth-order valence-corrected chi connectivity index (χ4v) is 3.30. The van der Waals surface area contributed by atoms with Crippen molar-refractivity contribution in [2.75, 3.05) is 26.3 Å². The van der Waals surface area contributed by atoms with E-state index < -0.39 is 6.36 Å². The van der Waals surface area contributed by atoms with Gasteiger partial charge in [-0.05, 0) is 43.5 Å². The number of hydrogen-bond donors (Lipinski definition) is 1. The summed E-state index contributed by atoms with van der Waals surface area (Å²) in [5.41, 5.74) is 0.321. The molecule has 1 aromatic carbocycles. The molecule has 5 nitrogen and oxygen atoms in total. The first-order valence-corrected chi connectivity index (χ1v) is 8.39. The Morgan fingerprint density at radius 3 is 2.40 bits per heavy atom. The molecule has 2 heterocycles. The minimum Gasteiger partial charge on any atom is -0.406 e. The van der Waals surface area contributed by atoms with Crippen LogP contribution in [0, 0.1) is 0 Å². The Labute approximate surface area is 144 Å². The monoisotopic (exact) mass is 358 g/mol. The predicted molar refractivity (Wildman–Crippen MR) is 84.4 cm³/mol. The second-order valence-corrected chi connectivity index (χ2v) is 6.37. The van der Waals surface area contributed by atoms with Crippen LogP contribution in [0.3, 0.4) is 0 Å². The quantitative estimate of drug-likeness (QED) is 0.899. The lowest BCUT2D eigenvalue weighted by Crippen LogP contribution is -2.48. The summed E-state index contributed by atoms with van der Waals surface area (Å²) in [6, 6.07) is 5.52. The molecule has 25 heavy (non-hydrogen) atoms. The van der Waals surface area contributed by atoms with Crippen LogP contribution >= 0.6 is 0 Å². The summed E-state index contributed by atoms with van der Waals surface area (Å²) in [4.78, 5) is 14.6. The van der Waals surface area contributed by atoms with E-state index in [1.807, 2.05) is 0 Å². The van der Waals surface area contributed by atoms with Crippen molar-refractivity contribution in [1.29, 1.82) is 0 Å². The molecule has 138 valence electrons. The zero-order valence-corrected chi connectivity index (χ0v) is 13.7. The third-order valence-corrected chi connectivity index (χ3v) is 4.64. The Morgan fingerprint density at radius 2 is 1.84 bits per heavy atom. The molecule has 0 saturated carbocycles. The number of alkyl halides is 3. The van der Waals surface area contributed by atoms with Crippen LogP contribution in [0.1, 0.15) is 29.6 Å². The van der Waals surface area contributed by atoms with Crippen LogP contribution in [-0.2, 0) is 4.74 Å². The first kappa shape index (κ1) is 18.0. The molecule has 2 aliphatic rings. The summed E-state index contributed by atoms with van der Waals surface area (Å²) >= 11 is 0. The van der Waals surface area contributed by atoms with Gasteiger partial charge < -0.3 is 14.8 Å². The van der Waals surface area contributed by atoms with Crippen molar-refractivity contribution in [2.45, 2.75) is 37.7 Å². The molecule has 0 bridgehead atoms. The average Bonchev–Trinajstić information content (AvgIpc) is 3.09. The summed E-state index contributed by atoms with van der Waals surface area (Å²) in [6.07, 6.45) is -1.96. The van der Waals surface area contributed by atoms with Crippen LogP contribution in [0.25, 0.3) is 0 Å². The molecular weight excluding hydrogens is 337 g/mol. The fraction of sp³-hybridized carbons (Fsp3) is 0.588. The van der Waals surface area contributed by atoms with Crippen molar-refractivity contribution < 1.29 is 27.4 Å². The van der Waals surface area contributed by atoms with E-state index in [1.54, 1.807) is 0 Å². The van der Waals surface area contributed by atoms with Crippen LogP contribution in [0.5, 0.6) is 5.75 Å². The Kier molecular flexibility index (Phi) is 5.48. The Morgan fingerprint density at radius 1 is 1.16 bits per heavy atom. The van der Waals surface area contributed by atoms with Crippen molar-refractivity contribution in [3.05, 3.63) is 29.8 Å². The van der Waals surface area contributed by atoms with Crippen LogP contribution in [-0.4, -0.2) is 55.6 Å². The highest BCUT2D eigenvalue weighted by atomic mass is 19.4. The van der Waals surface area contributed by atoms with Gasteiger partial charge in [-0.1, -0.05) is 0 Å². The van der Waals surface area contributed by atoms with Crippen molar-refractivity contribution >= 4 is 5.91 Å². The number of likely N-dealkylation sites (tertiary alicyclic amines) is 1. The fourth-order valence-electron chi connectivity index (χ4n) is 3.30. The number of benzene rings is 1. The molecule has 1 N–H and O–H groups in total. The molecule has 1 amide bonds. The largest absolute Gasteiger partial charge is 0.573 e. The normalized spacial score (nSPS) is 22.8. The topological polar surface area (TPSA) is 50.8 Å². The molecule has 0 aliphatic carbocycles. The lowest BCUT2D eigenvalue weighted by Gasteiger charge is -2.35. The van der Waals surface area contributed by atoms with Crippen molar-refractivity contribution in [3.8, 4) is 5.75 Å². The highest BCUT2D eigenvalue weighted by Gasteiger charge is 2.31. The first-order chi connectivity index (χ1) is 11.9. The smallest absolute Gasteiger partial charge is 0.406 e. The minimum absolute atomic E-state index is 0.0807. The van der Waals surface area contributed by atoms with Gasteiger partial charge in [-0.15, -0.1) is 13.2 Å². The van der Waals surface area contributed by atoms with Crippen LogP contribution in [0.2, 0.25) is 0 Å². The zero-order valence-electron chi connectivity index (χ0n) is 13.7. The Bertz CT molecular complexity index is 578. The number of carbonyl (C=O) groups excluding carboxylic acids is 1. The molecular formula is C17H21F3N2O3. The maximum atomic E-state index is 12.2. The number of rotatable bonds is 4. The Hall–Kier alpha value is -1.80. The van der Waals surface area contributed by atoms with E-state index in [0.29, 0.717) is 11.6 Å². The molecule has 1 aromatic rings. The van der Waals surface area contributed by atoms with E-state index in [4.69, 9.17) is 4.74 Å². The van der Waals surface area contributed by atoms with Gasteiger partial charge in [0.05, 0.1) is 6.61 Å². The third-order valence-electron chi connectivity index (χ3n) is 4.64. The molecule has 0 aromatic heterocycles. The first-order valence-electron chi connectivity index (χ1n) is 8.39. The van der Waals surface area contributed by atoms with Gasteiger partial charge in [-0.2, -0.15) is 0 Å². The maximum Gasteiger partial charge on any atom is 0.573 e. The predicted octanol–water partition coefficient (Wildman–Crippen LogP) is 2.57. The van der Waals surface area contributed by atoms with Crippen molar-refractivity contribution in [2.24, 2.45) is 0 Å². The standard InChI is InChI=1S/C17H21F3N2O3/c18-17(19,20)25-15-3-1-12(2-4-15)16(23)21-13-5-8-22(9-6-13)14-7-10-24-11-14/h1-4,13-14H,5-11H2,(H,21,23). The minimum atomic E-state index is -4.73. The van der Waals surface area contributed by atoms with Crippen LogP contribution < -0.4 is 10.1 Å². The molecule has 8 heteroatoms. The van der Waals surface area contributed by atoms with Gasteiger partial charge in [0.2, 0.25) is 0 Å². The number of amides is 1. The van der Waals surface area contributed by atoms with E-state index in [-0.39, 0.29) is 17.7 Å².